The Kier molecular flexibility index (Phi) is 5.51. The van der Waals surface area contributed by atoms with Crippen molar-refractivity contribution >= 4 is 11.8 Å². The third kappa shape index (κ3) is 4.09. The van der Waals surface area contributed by atoms with E-state index in [1.807, 2.05) is 0 Å². The van der Waals surface area contributed by atoms with E-state index in [0.717, 1.165) is 0 Å². The van der Waals surface area contributed by atoms with Gasteiger partial charge in [-0.1, -0.05) is 0 Å². The Labute approximate surface area is 138 Å². The van der Waals surface area contributed by atoms with Crippen molar-refractivity contribution in [1.82, 2.24) is 20.4 Å². The van der Waals surface area contributed by atoms with E-state index >= 15 is 0 Å². The summed E-state index contributed by atoms with van der Waals surface area (Å²) in [7, 11) is 3.15. The van der Waals surface area contributed by atoms with Crippen LogP contribution in [0.2, 0.25) is 0 Å². The van der Waals surface area contributed by atoms with Crippen LogP contribution in [0.5, 0.6) is 5.75 Å². The van der Waals surface area contributed by atoms with Crippen molar-refractivity contribution in [3.63, 3.8) is 0 Å². The fourth-order valence-electron chi connectivity index (χ4n) is 2.22. The van der Waals surface area contributed by atoms with Crippen molar-refractivity contribution in [3.8, 4) is 17.0 Å². The minimum absolute atomic E-state index is 0.164. The molecule has 128 valence electrons. The van der Waals surface area contributed by atoms with Crippen molar-refractivity contribution in [1.29, 1.82) is 0 Å². The van der Waals surface area contributed by atoms with Gasteiger partial charge in [0.2, 0.25) is 5.91 Å². The van der Waals surface area contributed by atoms with Gasteiger partial charge in [0.1, 0.15) is 11.6 Å². The molecule has 24 heavy (non-hydrogen) atoms. The van der Waals surface area contributed by atoms with E-state index in [0.29, 0.717) is 23.6 Å². The van der Waals surface area contributed by atoms with E-state index in [2.05, 4.69) is 15.7 Å². The maximum absolute atomic E-state index is 13.5. The molecule has 0 spiro atoms. The summed E-state index contributed by atoms with van der Waals surface area (Å²) in [5.74, 6) is -0.467. The first-order chi connectivity index (χ1) is 11.4. The van der Waals surface area contributed by atoms with Crippen molar-refractivity contribution in [3.05, 3.63) is 35.8 Å². The average Bonchev–Trinajstić information content (AvgIpc) is 2.93. The molecule has 0 fully saturated rings. The van der Waals surface area contributed by atoms with Crippen LogP contribution in [0.1, 0.15) is 17.4 Å². The number of benzene rings is 1. The SMILES string of the molecule is COc1ccc(F)cc1-c1cc(C(=O)NCCNC(C)=O)nn1C. The zero-order chi connectivity index (χ0) is 17.7. The van der Waals surface area contributed by atoms with Crippen LogP contribution in [0.4, 0.5) is 4.39 Å². The third-order valence-electron chi connectivity index (χ3n) is 3.33. The van der Waals surface area contributed by atoms with Crippen molar-refractivity contribution in [2.75, 3.05) is 20.2 Å². The van der Waals surface area contributed by atoms with Crippen molar-refractivity contribution < 1.29 is 18.7 Å². The molecule has 2 aromatic rings. The molecule has 2 rings (SSSR count). The highest BCUT2D eigenvalue weighted by molar-refractivity contribution is 5.93. The normalized spacial score (nSPS) is 10.3. The molecule has 0 aliphatic rings. The number of nitrogens with one attached hydrogen (secondary N) is 2. The van der Waals surface area contributed by atoms with Gasteiger partial charge in [0.15, 0.2) is 5.69 Å². The first-order valence-electron chi connectivity index (χ1n) is 7.33. The van der Waals surface area contributed by atoms with Crippen LogP contribution in [0.15, 0.2) is 24.3 Å². The summed E-state index contributed by atoms with van der Waals surface area (Å²) < 4.78 is 20.3. The van der Waals surface area contributed by atoms with Crippen LogP contribution in [0.25, 0.3) is 11.3 Å². The molecule has 1 aromatic heterocycles. The zero-order valence-electron chi connectivity index (χ0n) is 13.7. The van der Waals surface area contributed by atoms with Crippen LogP contribution >= 0.6 is 0 Å². The molecule has 2 N–H and O–H groups in total. The van der Waals surface area contributed by atoms with Crippen LogP contribution < -0.4 is 15.4 Å². The highest BCUT2D eigenvalue weighted by atomic mass is 19.1. The maximum Gasteiger partial charge on any atom is 0.271 e. The highest BCUT2D eigenvalue weighted by Crippen LogP contribution is 2.30. The molecule has 0 aliphatic heterocycles. The first-order valence-corrected chi connectivity index (χ1v) is 7.33. The largest absolute Gasteiger partial charge is 0.496 e. The fraction of sp³-hybridized carbons (Fsp3) is 0.312. The van der Waals surface area contributed by atoms with E-state index in [-0.39, 0.29) is 24.1 Å². The van der Waals surface area contributed by atoms with E-state index in [4.69, 9.17) is 4.74 Å². The number of rotatable bonds is 6. The summed E-state index contributed by atoms with van der Waals surface area (Å²) in [6.45, 7) is 2.02. The second-order valence-corrected chi connectivity index (χ2v) is 5.12. The van der Waals surface area contributed by atoms with E-state index in [9.17, 15) is 14.0 Å². The molecule has 0 saturated heterocycles. The topological polar surface area (TPSA) is 85.2 Å². The van der Waals surface area contributed by atoms with Gasteiger partial charge < -0.3 is 15.4 Å². The second-order valence-electron chi connectivity index (χ2n) is 5.12. The zero-order valence-corrected chi connectivity index (χ0v) is 13.7. The molecule has 0 atom stereocenters. The van der Waals surface area contributed by atoms with Gasteiger partial charge in [-0.3, -0.25) is 14.3 Å². The lowest BCUT2D eigenvalue weighted by molar-refractivity contribution is -0.118. The Hall–Kier alpha value is -2.90. The number of ether oxygens (including phenoxy) is 1. The smallest absolute Gasteiger partial charge is 0.271 e. The van der Waals surface area contributed by atoms with Gasteiger partial charge in [-0.15, -0.1) is 0 Å². The summed E-state index contributed by atoms with van der Waals surface area (Å²) >= 11 is 0. The van der Waals surface area contributed by atoms with Gasteiger partial charge in [-0.2, -0.15) is 5.10 Å². The quantitative estimate of drug-likeness (QED) is 0.775. The lowest BCUT2D eigenvalue weighted by atomic mass is 10.1. The van der Waals surface area contributed by atoms with Crippen LogP contribution in [-0.2, 0) is 11.8 Å². The standard InChI is InChI=1S/C16H19FN4O3/c1-10(22)18-6-7-19-16(23)13-9-14(21(2)20-13)12-8-11(17)4-5-15(12)24-3/h4-5,8-9H,6-7H2,1-3H3,(H,18,22)(H,19,23). The first kappa shape index (κ1) is 17.5. The molecule has 0 saturated carbocycles. The summed E-state index contributed by atoms with van der Waals surface area (Å²) in [6, 6.07) is 5.71. The number of hydrogen-bond acceptors (Lipinski definition) is 4. The number of nitrogens with zero attached hydrogens (tertiary/aromatic N) is 2. The van der Waals surface area contributed by atoms with Gasteiger partial charge in [-0.05, 0) is 24.3 Å². The Morgan fingerprint density at radius 3 is 2.62 bits per heavy atom. The number of aryl methyl sites for hydroxylation is 1. The van der Waals surface area contributed by atoms with Crippen molar-refractivity contribution in [2.24, 2.45) is 7.05 Å². The number of halogens is 1. The number of carbonyl (C=O) groups is 2. The maximum atomic E-state index is 13.5. The molecule has 1 heterocycles. The summed E-state index contributed by atoms with van der Waals surface area (Å²) in [6.07, 6.45) is 0. The molecule has 8 heteroatoms. The predicted octanol–water partition coefficient (Wildman–Crippen LogP) is 1.10. The predicted molar refractivity (Wildman–Crippen MR) is 86.2 cm³/mol. The minimum atomic E-state index is -0.409. The molecule has 0 radical (unpaired) electrons. The van der Waals surface area contributed by atoms with Gasteiger partial charge in [-0.25, -0.2) is 4.39 Å². The van der Waals surface area contributed by atoms with Crippen molar-refractivity contribution in [2.45, 2.75) is 6.92 Å². The lowest BCUT2D eigenvalue weighted by Gasteiger charge is -2.08. The average molecular weight is 334 g/mol. The number of hydrogen-bond donors (Lipinski definition) is 2. The molecule has 7 nitrogen and oxygen atoms in total. The molecule has 1 aromatic carbocycles. The summed E-state index contributed by atoms with van der Waals surface area (Å²) in [5, 5.41) is 9.38. The van der Waals surface area contributed by atoms with E-state index in [1.165, 1.54) is 36.9 Å². The highest BCUT2D eigenvalue weighted by Gasteiger charge is 2.17. The number of aromatic nitrogens is 2. The number of methoxy groups -OCH3 is 1. The second kappa shape index (κ2) is 7.58. The van der Waals surface area contributed by atoms with Crippen LogP contribution in [0.3, 0.4) is 0 Å². The molecule has 2 amide bonds. The Bertz CT molecular complexity index is 758. The van der Waals surface area contributed by atoms with Gasteiger partial charge in [0.05, 0.1) is 12.8 Å². The number of carbonyl (C=O) groups excluding carboxylic acids is 2. The van der Waals surface area contributed by atoms with Crippen LogP contribution in [0, 0.1) is 5.82 Å². The summed E-state index contributed by atoms with van der Waals surface area (Å²) in [5.41, 5.74) is 1.25. The monoisotopic (exact) mass is 334 g/mol. The Morgan fingerprint density at radius 2 is 1.96 bits per heavy atom. The Morgan fingerprint density at radius 1 is 1.25 bits per heavy atom. The molecule has 0 bridgehead atoms. The van der Waals surface area contributed by atoms with Gasteiger partial charge in [0, 0.05) is 32.6 Å². The lowest BCUT2D eigenvalue weighted by Crippen LogP contribution is -2.33. The Balaban J connectivity index is 2.17. The minimum Gasteiger partial charge on any atom is -0.496 e. The molecule has 0 unspecified atom stereocenters. The molecular weight excluding hydrogens is 315 g/mol. The van der Waals surface area contributed by atoms with Crippen LogP contribution in [-0.4, -0.2) is 41.8 Å². The third-order valence-corrected chi connectivity index (χ3v) is 3.33. The molecule has 0 aliphatic carbocycles. The summed E-state index contributed by atoms with van der Waals surface area (Å²) in [4.78, 5) is 22.9. The number of amides is 2. The molecular formula is C16H19FN4O3. The fourth-order valence-corrected chi connectivity index (χ4v) is 2.22. The van der Waals surface area contributed by atoms with E-state index in [1.54, 1.807) is 13.1 Å². The van der Waals surface area contributed by atoms with E-state index < -0.39 is 5.82 Å². The van der Waals surface area contributed by atoms with Gasteiger partial charge in [0.25, 0.3) is 5.91 Å². The van der Waals surface area contributed by atoms with Gasteiger partial charge >= 0.3 is 0 Å².